The third-order valence-electron chi connectivity index (χ3n) is 4.63. The topological polar surface area (TPSA) is 94.5 Å². The molecule has 29 heavy (non-hydrogen) atoms. The monoisotopic (exact) mass is 379 g/mol. The van der Waals surface area contributed by atoms with Gasteiger partial charge >= 0.3 is 0 Å². The molecule has 0 fully saturated rings. The highest BCUT2D eigenvalue weighted by atomic mass is 16.1. The second kappa shape index (κ2) is 7.79. The summed E-state index contributed by atoms with van der Waals surface area (Å²) in [6, 6.07) is 15.6. The van der Waals surface area contributed by atoms with E-state index in [1.54, 1.807) is 18.5 Å². The second-order valence-electron chi connectivity index (χ2n) is 6.44. The molecule has 6 nitrogen and oxygen atoms in total. The Labute approximate surface area is 167 Å². The van der Waals surface area contributed by atoms with E-state index in [4.69, 9.17) is 0 Å². The molecular formula is C23H17N5O. The zero-order valence-electron chi connectivity index (χ0n) is 15.7. The van der Waals surface area contributed by atoms with Gasteiger partial charge in [-0.1, -0.05) is 24.3 Å². The van der Waals surface area contributed by atoms with Crippen LogP contribution in [0.15, 0.2) is 72.8 Å². The Morgan fingerprint density at radius 2 is 2.00 bits per heavy atom. The molecule has 0 saturated heterocycles. The average molecular weight is 379 g/mol. The molecule has 0 aliphatic carbocycles. The minimum Gasteiger partial charge on any atom is -0.354 e. The van der Waals surface area contributed by atoms with Gasteiger partial charge in [-0.3, -0.25) is 9.78 Å². The van der Waals surface area contributed by atoms with Gasteiger partial charge in [-0.2, -0.15) is 5.26 Å². The number of benzene rings is 1. The van der Waals surface area contributed by atoms with Gasteiger partial charge in [-0.25, -0.2) is 4.98 Å². The number of rotatable bonds is 4. The molecule has 2 N–H and O–H groups in total. The van der Waals surface area contributed by atoms with E-state index >= 15 is 0 Å². The molecule has 0 atom stereocenters. The van der Waals surface area contributed by atoms with Crippen molar-refractivity contribution < 1.29 is 4.79 Å². The first-order valence-electron chi connectivity index (χ1n) is 9.01. The average Bonchev–Trinajstić information content (AvgIpc) is 3.21. The van der Waals surface area contributed by atoms with E-state index in [-0.39, 0.29) is 5.57 Å². The fourth-order valence-corrected chi connectivity index (χ4v) is 3.18. The smallest absolute Gasteiger partial charge is 0.261 e. The number of hydrogen-bond acceptors (Lipinski definition) is 4. The quantitative estimate of drug-likeness (QED) is 0.415. The summed E-state index contributed by atoms with van der Waals surface area (Å²) in [5, 5.41) is 12.7. The van der Waals surface area contributed by atoms with Gasteiger partial charge in [0.15, 0.2) is 0 Å². The Hall–Kier alpha value is -4.24. The van der Waals surface area contributed by atoms with E-state index in [1.807, 2.05) is 54.9 Å². The van der Waals surface area contributed by atoms with Gasteiger partial charge in [0, 0.05) is 53.9 Å². The number of nitrogens with zero attached hydrogens (tertiary/aromatic N) is 3. The van der Waals surface area contributed by atoms with E-state index in [1.165, 1.54) is 7.05 Å². The summed E-state index contributed by atoms with van der Waals surface area (Å²) >= 11 is 0. The van der Waals surface area contributed by atoms with Crippen LogP contribution in [0.25, 0.3) is 39.4 Å². The number of hydrogen-bond donors (Lipinski definition) is 2. The molecule has 1 aromatic carbocycles. The third kappa shape index (κ3) is 3.62. The standard InChI is InChI=1S/C23H17N5O/c1-25-23(29)18(11-24)9-15-4-2-5-16(8-15)19-10-20-21(14-28-22(20)27-13-19)17-6-3-7-26-12-17/h2-10,12-14H,1H3,(H,25,29)(H,27,28). The van der Waals surface area contributed by atoms with Crippen molar-refractivity contribution in [3.63, 3.8) is 0 Å². The summed E-state index contributed by atoms with van der Waals surface area (Å²) in [6.45, 7) is 0. The van der Waals surface area contributed by atoms with Gasteiger partial charge in [0.25, 0.3) is 5.91 Å². The molecule has 0 spiro atoms. The van der Waals surface area contributed by atoms with Crippen LogP contribution in [0.4, 0.5) is 0 Å². The van der Waals surface area contributed by atoms with Gasteiger partial charge in [-0.05, 0) is 35.4 Å². The van der Waals surface area contributed by atoms with Crippen molar-refractivity contribution in [1.82, 2.24) is 20.3 Å². The number of nitrogens with one attached hydrogen (secondary N) is 2. The molecule has 0 radical (unpaired) electrons. The van der Waals surface area contributed by atoms with Gasteiger partial charge in [0.1, 0.15) is 17.3 Å². The van der Waals surface area contributed by atoms with Crippen molar-refractivity contribution >= 4 is 23.0 Å². The van der Waals surface area contributed by atoms with E-state index in [0.29, 0.717) is 0 Å². The van der Waals surface area contributed by atoms with Crippen LogP contribution in [0, 0.1) is 11.3 Å². The molecule has 0 aliphatic rings. The van der Waals surface area contributed by atoms with Crippen molar-refractivity contribution in [2.75, 3.05) is 7.05 Å². The van der Waals surface area contributed by atoms with Crippen molar-refractivity contribution in [2.24, 2.45) is 0 Å². The highest BCUT2D eigenvalue weighted by Gasteiger charge is 2.10. The molecule has 0 unspecified atom stereocenters. The van der Waals surface area contributed by atoms with Crippen LogP contribution in [0.3, 0.4) is 0 Å². The molecule has 0 aliphatic heterocycles. The number of amides is 1. The van der Waals surface area contributed by atoms with E-state index in [0.717, 1.165) is 38.9 Å². The minimum atomic E-state index is -0.408. The number of nitriles is 1. The summed E-state index contributed by atoms with van der Waals surface area (Å²) in [7, 11) is 1.50. The highest BCUT2D eigenvalue weighted by molar-refractivity contribution is 6.01. The number of carbonyl (C=O) groups excluding carboxylic acids is 1. The number of pyridine rings is 2. The van der Waals surface area contributed by atoms with Crippen molar-refractivity contribution in [1.29, 1.82) is 5.26 Å². The number of carbonyl (C=O) groups is 1. The number of H-pyrrole nitrogens is 1. The normalized spacial score (nSPS) is 11.2. The lowest BCUT2D eigenvalue weighted by atomic mass is 10.0. The second-order valence-corrected chi connectivity index (χ2v) is 6.44. The molecule has 140 valence electrons. The number of aromatic amines is 1. The zero-order chi connectivity index (χ0) is 20.2. The van der Waals surface area contributed by atoms with Gasteiger partial charge in [0.05, 0.1) is 0 Å². The van der Waals surface area contributed by atoms with Gasteiger partial charge < -0.3 is 10.3 Å². The number of aromatic nitrogens is 3. The Kier molecular flexibility index (Phi) is 4.87. The maximum Gasteiger partial charge on any atom is 0.261 e. The van der Waals surface area contributed by atoms with Crippen molar-refractivity contribution in [3.05, 3.63) is 78.4 Å². The van der Waals surface area contributed by atoms with Crippen LogP contribution in [-0.4, -0.2) is 27.9 Å². The Bertz CT molecular complexity index is 1270. The summed E-state index contributed by atoms with van der Waals surface area (Å²) in [6.07, 6.45) is 8.88. The molecule has 6 heteroatoms. The summed E-state index contributed by atoms with van der Waals surface area (Å²) in [5.41, 5.74) is 5.56. The Balaban J connectivity index is 1.77. The summed E-state index contributed by atoms with van der Waals surface area (Å²) in [4.78, 5) is 23.7. The van der Waals surface area contributed by atoms with E-state index < -0.39 is 5.91 Å². The van der Waals surface area contributed by atoms with E-state index in [9.17, 15) is 10.1 Å². The maximum absolute atomic E-state index is 11.8. The lowest BCUT2D eigenvalue weighted by Gasteiger charge is -2.05. The Morgan fingerprint density at radius 1 is 1.14 bits per heavy atom. The maximum atomic E-state index is 11.8. The van der Waals surface area contributed by atoms with Gasteiger partial charge in [0.2, 0.25) is 0 Å². The SMILES string of the molecule is CNC(=O)C(C#N)=Cc1cccc(-c2cnc3[nH]cc(-c4cccnc4)c3c2)c1. The molecule has 0 bridgehead atoms. The third-order valence-corrected chi connectivity index (χ3v) is 4.63. The van der Waals surface area contributed by atoms with Gasteiger partial charge in [-0.15, -0.1) is 0 Å². The fraction of sp³-hybridized carbons (Fsp3) is 0.0435. The van der Waals surface area contributed by atoms with Crippen LogP contribution in [0.1, 0.15) is 5.56 Å². The molecule has 3 heterocycles. The molecule has 4 aromatic rings. The largest absolute Gasteiger partial charge is 0.354 e. The predicted molar refractivity (Wildman–Crippen MR) is 112 cm³/mol. The minimum absolute atomic E-state index is 0.0581. The lowest BCUT2D eigenvalue weighted by molar-refractivity contribution is -0.116. The lowest BCUT2D eigenvalue weighted by Crippen LogP contribution is -2.19. The number of likely N-dealkylation sites (N-methyl/N-ethyl adjacent to an activating group) is 1. The van der Waals surface area contributed by atoms with Crippen molar-refractivity contribution in [2.45, 2.75) is 0 Å². The first-order chi connectivity index (χ1) is 14.2. The first-order valence-corrected chi connectivity index (χ1v) is 9.01. The molecule has 1 amide bonds. The van der Waals surface area contributed by atoms with E-state index in [2.05, 4.69) is 26.3 Å². The Morgan fingerprint density at radius 3 is 2.76 bits per heavy atom. The van der Waals surface area contributed by atoms with Crippen molar-refractivity contribution in [3.8, 4) is 28.3 Å². The first kappa shape index (κ1) is 18.1. The molecule has 0 saturated carbocycles. The fourth-order valence-electron chi connectivity index (χ4n) is 3.18. The summed E-state index contributed by atoms with van der Waals surface area (Å²) < 4.78 is 0. The molecule has 4 rings (SSSR count). The van der Waals surface area contributed by atoms with Crippen LogP contribution >= 0.6 is 0 Å². The zero-order valence-corrected chi connectivity index (χ0v) is 15.7. The van der Waals surface area contributed by atoms with Crippen LogP contribution in [0.2, 0.25) is 0 Å². The van der Waals surface area contributed by atoms with Crippen LogP contribution in [0.5, 0.6) is 0 Å². The highest BCUT2D eigenvalue weighted by Crippen LogP contribution is 2.31. The summed E-state index contributed by atoms with van der Waals surface area (Å²) in [5.74, 6) is -0.408. The molecule has 3 aromatic heterocycles. The van der Waals surface area contributed by atoms with Crippen LogP contribution < -0.4 is 5.32 Å². The number of fused-ring (bicyclic) bond motifs is 1. The molecular weight excluding hydrogens is 362 g/mol. The van der Waals surface area contributed by atoms with Crippen LogP contribution in [-0.2, 0) is 4.79 Å². The predicted octanol–water partition coefficient (Wildman–Crippen LogP) is 3.94.